The van der Waals surface area contributed by atoms with Crippen LogP contribution in [0.3, 0.4) is 0 Å². The molecule has 2 aliphatic heterocycles. The van der Waals surface area contributed by atoms with Crippen molar-refractivity contribution >= 4 is 17.7 Å². The Balaban J connectivity index is 1.52. The lowest BCUT2D eigenvalue weighted by molar-refractivity contribution is -0.155. The summed E-state index contributed by atoms with van der Waals surface area (Å²) in [5.74, 6) is 0.0279. The van der Waals surface area contributed by atoms with Crippen LogP contribution in [-0.4, -0.2) is 47.5 Å². The van der Waals surface area contributed by atoms with Gasteiger partial charge in [-0.3, -0.25) is 0 Å². The van der Waals surface area contributed by atoms with Crippen molar-refractivity contribution < 1.29 is 28.6 Å². The van der Waals surface area contributed by atoms with E-state index in [1.165, 1.54) is 12.3 Å². The fourth-order valence-corrected chi connectivity index (χ4v) is 3.71. The average molecular weight is 422 g/mol. The number of benzene rings is 1. The standard InChI is InChI=1S/C21H18N4O6/c1-28-17-10-12(4-7-22-17)13-2-3-15-14(5-8-29-15)18(13)24-20-23-11-21(31-20,19(26)27)16-6-9-30-25-16/h2-4,6-7,9-10H,5,8,11H2,1H3,(H,23,24)(H,26,27). The van der Waals surface area contributed by atoms with Gasteiger partial charge in [-0.2, -0.15) is 0 Å². The summed E-state index contributed by atoms with van der Waals surface area (Å²) >= 11 is 0. The minimum absolute atomic E-state index is 0.0768. The second-order valence-electron chi connectivity index (χ2n) is 7.02. The summed E-state index contributed by atoms with van der Waals surface area (Å²) in [5.41, 5.74) is 1.79. The van der Waals surface area contributed by atoms with Gasteiger partial charge in [0.25, 0.3) is 11.6 Å². The second kappa shape index (κ2) is 7.31. The molecular formula is C21H18N4O6. The Morgan fingerprint density at radius 1 is 1.29 bits per heavy atom. The SMILES string of the molecule is COc1cc(-c2ccc3c(c2NC2=NCC(C(=O)O)(c4ccon4)O2)CCO3)ccn1. The molecule has 1 unspecified atom stereocenters. The first-order valence-corrected chi connectivity index (χ1v) is 9.54. The number of anilines is 1. The van der Waals surface area contributed by atoms with Crippen molar-refractivity contribution in [3.05, 3.63) is 54.0 Å². The van der Waals surface area contributed by atoms with E-state index in [0.29, 0.717) is 18.9 Å². The third-order valence-electron chi connectivity index (χ3n) is 5.28. The second-order valence-corrected chi connectivity index (χ2v) is 7.02. The molecule has 0 saturated carbocycles. The number of ether oxygens (including phenoxy) is 3. The molecule has 5 rings (SSSR count). The van der Waals surface area contributed by atoms with E-state index in [4.69, 9.17) is 18.7 Å². The lowest BCUT2D eigenvalue weighted by atomic mass is 9.99. The lowest BCUT2D eigenvalue weighted by Crippen LogP contribution is -2.40. The third-order valence-corrected chi connectivity index (χ3v) is 5.28. The van der Waals surface area contributed by atoms with Crippen LogP contribution < -0.4 is 14.8 Å². The molecule has 0 amide bonds. The van der Waals surface area contributed by atoms with Gasteiger partial charge in [-0.15, -0.1) is 0 Å². The first-order valence-electron chi connectivity index (χ1n) is 9.54. The Bertz CT molecular complexity index is 1180. The van der Waals surface area contributed by atoms with Crippen LogP contribution in [0.2, 0.25) is 0 Å². The van der Waals surface area contributed by atoms with Crippen molar-refractivity contribution in [1.29, 1.82) is 0 Å². The number of methoxy groups -OCH3 is 1. The molecular weight excluding hydrogens is 404 g/mol. The van der Waals surface area contributed by atoms with Gasteiger partial charge < -0.3 is 29.2 Å². The number of aliphatic carboxylic acids is 1. The van der Waals surface area contributed by atoms with E-state index in [2.05, 4.69) is 20.4 Å². The summed E-state index contributed by atoms with van der Waals surface area (Å²) in [7, 11) is 1.55. The van der Waals surface area contributed by atoms with Crippen molar-refractivity contribution in [3.63, 3.8) is 0 Å². The molecule has 0 fully saturated rings. The molecule has 4 heterocycles. The molecule has 0 aliphatic carbocycles. The molecule has 2 aromatic heterocycles. The summed E-state index contributed by atoms with van der Waals surface area (Å²) in [6, 6.07) is 9.03. The minimum atomic E-state index is -1.75. The van der Waals surface area contributed by atoms with E-state index >= 15 is 0 Å². The summed E-state index contributed by atoms with van der Waals surface area (Å²) in [4.78, 5) is 20.5. The predicted octanol–water partition coefficient (Wildman–Crippen LogP) is 2.46. The lowest BCUT2D eigenvalue weighted by Gasteiger charge is -2.22. The van der Waals surface area contributed by atoms with Crippen LogP contribution in [0, 0.1) is 0 Å². The largest absolute Gasteiger partial charge is 0.493 e. The molecule has 0 radical (unpaired) electrons. The molecule has 0 spiro atoms. The van der Waals surface area contributed by atoms with Crippen LogP contribution in [0.4, 0.5) is 5.69 Å². The normalized spacial score (nSPS) is 19.2. The van der Waals surface area contributed by atoms with E-state index in [1.807, 2.05) is 24.3 Å². The number of nitrogens with zero attached hydrogens (tertiary/aromatic N) is 3. The highest BCUT2D eigenvalue weighted by atomic mass is 16.6. The maximum Gasteiger partial charge on any atom is 0.356 e. The van der Waals surface area contributed by atoms with E-state index in [-0.39, 0.29) is 18.3 Å². The maximum atomic E-state index is 12.0. The van der Waals surface area contributed by atoms with Gasteiger partial charge in [0.15, 0.2) is 0 Å². The molecule has 0 saturated heterocycles. The first kappa shape index (κ1) is 18.9. The Morgan fingerprint density at radius 3 is 2.97 bits per heavy atom. The van der Waals surface area contributed by atoms with Gasteiger partial charge in [0, 0.05) is 35.9 Å². The molecule has 2 N–H and O–H groups in total. The molecule has 31 heavy (non-hydrogen) atoms. The Hall–Kier alpha value is -4.08. The molecule has 3 aromatic rings. The number of fused-ring (bicyclic) bond motifs is 1. The van der Waals surface area contributed by atoms with Crippen LogP contribution in [0.1, 0.15) is 11.3 Å². The maximum absolute atomic E-state index is 12.0. The number of nitrogens with one attached hydrogen (secondary N) is 1. The van der Waals surface area contributed by atoms with Crippen molar-refractivity contribution in [3.8, 4) is 22.8 Å². The van der Waals surface area contributed by atoms with Gasteiger partial charge in [0.05, 0.1) is 19.4 Å². The monoisotopic (exact) mass is 422 g/mol. The average Bonchev–Trinajstić information content (AvgIpc) is 3.54. The predicted molar refractivity (Wildman–Crippen MR) is 108 cm³/mol. The number of amidine groups is 1. The van der Waals surface area contributed by atoms with Crippen LogP contribution in [0.15, 0.2) is 52.3 Å². The van der Waals surface area contributed by atoms with Crippen molar-refractivity contribution in [2.24, 2.45) is 4.99 Å². The molecule has 10 heteroatoms. The molecule has 1 aromatic carbocycles. The van der Waals surface area contributed by atoms with Crippen LogP contribution in [0.25, 0.3) is 11.1 Å². The summed E-state index contributed by atoms with van der Waals surface area (Å²) in [5, 5.41) is 16.8. The van der Waals surface area contributed by atoms with E-state index in [1.54, 1.807) is 13.3 Å². The highest BCUT2D eigenvalue weighted by molar-refractivity contribution is 5.99. The number of aliphatic imine (C=N–C) groups is 1. The number of aromatic nitrogens is 2. The Labute approximate surface area is 176 Å². The molecule has 158 valence electrons. The number of rotatable bonds is 5. The van der Waals surface area contributed by atoms with Crippen molar-refractivity contribution in [1.82, 2.24) is 10.1 Å². The van der Waals surface area contributed by atoms with Crippen molar-refractivity contribution in [2.75, 3.05) is 25.6 Å². The fraction of sp³-hybridized carbons (Fsp3) is 0.238. The van der Waals surface area contributed by atoms with Crippen LogP contribution >= 0.6 is 0 Å². The van der Waals surface area contributed by atoms with Gasteiger partial charge in [0.2, 0.25) is 5.88 Å². The topological polar surface area (TPSA) is 128 Å². The zero-order chi connectivity index (χ0) is 21.4. The zero-order valence-electron chi connectivity index (χ0n) is 16.5. The van der Waals surface area contributed by atoms with Gasteiger partial charge in [0.1, 0.15) is 24.3 Å². The minimum Gasteiger partial charge on any atom is -0.493 e. The third kappa shape index (κ3) is 3.12. The zero-order valence-corrected chi connectivity index (χ0v) is 16.5. The number of hydrogen-bond acceptors (Lipinski definition) is 9. The first-order chi connectivity index (χ1) is 15.1. The summed E-state index contributed by atoms with van der Waals surface area (Å²) in [6.07, 6.45) is 3.64. The van der Waals surface area contributed by atoms with Crippen LogP contribution in [0.5, 0.6) is 11.6 Å². The fourth-order valence-electron chi connectivity index (χ4n) is 3.71. The van der Waals surface area contributed by atoms with Crippen molar-refractivity contribution in [2.45, 2.75) is 12.0 Å². The Morgan fingerprint density at radius 2 is 2.19 bits per heavy atom. The quantitative estimate of drug-likeness (QED) is 0.637. The molecule has 1 atom stereocenters. The number of hydrogen-bond donors (Lipinski definition) is 2. The number of carboxylic acid groups (broad SMARTS) is 1. The molecule has 2 aliphatic rings. The molecule has 0 bridgehead atoms. The smallest absolute Gasteiger partial charge is 0.356 e. The van der Waals surface area contributed by atoms with Gasteiger partial charge in [-0.1, -0.05) is 5.16 Å². The Kier molecular flexibility index (Phi) is 4.46. The van der Waals surface area contributed by atoms with E-state index in [9.17, 15) is 9.90 Å². The number of pyridine rings is 1. The molecule has 10 nitrogen and oxygen atoms in total. The van der Waals surface area contributed by atoms with Gasteiger partial charge in [-0.05, 0) is 23.8 Å². The highest BCUT2D eigenvalue weighted by Gasteiger charge is 2.50. The van der Waals surface area contributed by atoms with Gasteiger partial charge in [-0.25, -0.2) is 14.8 Å². The van der Waals surface area contributed by atoms with Crippen LogP contribution in [-0.2, 0) is 21.6 Å². The summed E-state index contributed by atoms with van der Waals surface area (Å²) < 4.78 is 21.6. The van der Waals surface area contributed by atoms with E-state index in [0.717, 1.165) is 28.1 Å². The summed E-state index contributed by atoms with van der Waals surface area (Å²) in [6.45, 7) is 0.416. The van der Waals surface area contributed by atoms with E-state index < -0.39 is 11.6 Å². The highest BCUT2D eigenvalue weighted by Crippen LogP contribution is 2.41. The van der Waals surface area contributed by atoms with Gasteiger partial charge >= 0.3 is 5.97 Å². The number of carboxylic acids is 1. The number of carbonyl (C=O) groups is 1.